The fourth-order valence-electron chi connectivity index (χ4n) is 1.88. The van der Waals surface area contributed by atoms with Gasteiger partial charge in [-0.1, -0.05) is 26.0 Å². The van der Waals surface area contributed by atoms with Crippen LogP contribution in [0.25, 0.3) is 0 Å². The summed E-state index contributed by atoms with van der Waals surface area (Å²) in [6.07, 6.45) is 1.09. The molecule has 0 saturated heterocycles. The fraction of sp³-hybridized carbons (Fsp3) is 0.562. The molecule has 1 aromatic carbocycles. The molecule has 2 N–H and O–H groups in total. The van der Waals surface area contributed by atoms with Gasteiger partial charge in [-0.2, -0.15) is 0 Å². The van der Waals surface area contributed by atoms with Gasteiger partial charge in [0.2, 0.25) is 0 Å². The van der Waals surface area contributed by atoms with E-state index >= 15 is 0 Å². The van der Waals surface area contributed by atoms with Crippen LogP contribution in [-0.4, -0.2) is 30.8 Å². The predicted molar refractivity (Wildman–Crippen MR) is 81.9 cm³/mol. The van der Waals surface area contributed by atoms with Gasteiger partial charge in [0.25, 0.3) is 0 Å². The van der Waals surface area contributed by atoms with Crippen molar-refractivity contribution in [2.75, 3.05) is 19.8 Å². The Hall–Kier alpha value is -1.75. The monoisotopic (exact) mass is 295 g/mol. The Labute approximate surface area is 126 Å². The van der Waals surface area contributed by atoms with Gasteiger partial charge < -0.3 is 19.9 Å². The third kappa shape index (κ3) is 6.49. The average molecular weight is 295 g/mol. The van der Waals surface area contributed by atoms with Crippen molar-refractivity contribution in [1.82, 2.24) is 5.32 Å². The molecule has 118 valence electrons. The van der Waals surface area contributed by atoms with Gasteiger partial charge in [-0.05, 0) is 31.9 Å². The van der Waals surface area contributed by atoms with Crippen LogP contribution in [0.4, 0.5) is 0 Å². The second kappa shape index (κ2) is 9.23. The van der Waals surface area contributed by atoms with E-state index < -0.39 is 5.97 Å². The molecule has 0 amide bonds. The van der Waals surface area contributed by atoms with E-state index in [1.165, 1.54) is 0 Å². The molecule has 0 aliphatic rings. The molecule has 1 aromatic rings. The quantitative estimate of drug-likeness (QED) is 0.650. The van der Waals surface area contributed by atoms with Crippen LogP contribution < -0.4 is 14.8 Å². The van der Waals surface area contributed by atoms with Gasteiger partial charge in [0.05, 0.1) is 6.61 Å². The number of aliphatic carboxylic acids is 1. The van der Waals surface area contributed by atoms with Crippen LogP contribution in [0.5, 0.6) is 11.5 Å². The van der Waals surface area contributed by atoms with Gasteiger partial charge in [-0.15, -0.1) is 0 Å². The van der Waals surface area contributed by atoms with Crippen molar-refractivity contribution < 1.29 is 19.4 Å². The Morgan fingerprint density at radius 3 is 2.71 bits per heavy atom. The summed E-state index contributed by atoms with van der Waals surface area (Å²) in [5.41, 5.74) is 0.908. The van der Waals surface area contributed by atoms with Crippen molar-refractivity contribution in [1.29, 1.82) is 0 Å². The summed E-state index contributed by atoms with van der Waals surface area (Å²) < 4.78 is 10.9. The predicted octanol–water partition coefficient (Wildman–Crippen LogP) is 2.68. The molecular formula is C16H25NO4. The van der Waals surface area contributed by atoms with Crippen LogP contribution in [-0.2, 0) is 11.3 Å². The number of benzene rings is 1. The minimum Gasteiger partial charge on any atom is -0.490 e. The fourth-order valence-corrected chi connectivity index (χ4v) is 1.88. The highest BCUT2D eigenvalue weighted by atomic mass is 16.5. The van der Waals surface area contributed by atoms with Crippen molar-refractivity contribution in [3.63, 3.8) is 0 Å². The Morgan fingerprint density at radius 1 is 1.33 bits per heavy atom. The van der Waals surface area contributed by atoms with Crippen LogP contribution in [0.3, 0.4) is 0 Å². The van der Waals surface area contributed by atoms with Crippen LogP contribution in [0.15, 0.2) is 18.2 Å². The molecule has 5 heteroatoms. The number of hydrogen-bond donors (Lipinski definition) is 2. The second-order valence-electron chi connectivity index (χ2n) is 5.22. The van der Waals surface area contributed by atoms with Gasteiger partial charge in [0.1, 0.15) is 0 Å². The van der Waals surface area contributed by atoms with Crippen molar-refractivity contribution in [2.45, 2.75) is 33.7 Å². The van der Waals surface area contributed by atoms with Gasteiger partial charge in [-0.25, -0.2) is 4.79 Å². The molecule has 0 unspecified atom stereocenters. The van der Waals surface area contributed by atoms with E-state index in [1.807, 2.05) is 19.1 Å². The third-order valence-corrected chi connectivity index (χ3v) is 2.91. The maximum atomic E-state index is 10.7. The number of rotatable bonds is 10. The van der Waals surface area contributed by atoms with E-state index in [0.29, 0.717) is 30.6 Å². The summed E-state index contributed by atoms with van der Waals surface area (Å²) in [4.78, 5) is 10.7. The first-order valence-electron chi connectivity index (χ1n) is 7.34. The zero-order valence-corrected chi connectivity index (χ0v) is 13.0. The first-order chi connectivity index (χ1) is 10.0. The van der Waals surface area contributed by atoms with Crippen LogP contribution in [0, 0.1) is 5.92 Å². The molecule has 0 aliphatic carbocycles. The van der Waals surface area contributed by atoms with E-state index in [4.69, 9.17) is 14.6 Å². The smallest absolute Gasteiger partial charge is 0.341 e. The van der Waals surface area contributed by atoms with E-state index in [-0.39, 0.29) is 6.61 Å². The van der Waals surface area contributed by atoms with Crippen LogP contribution in [0.2, 0.25) is 0 Å². The Morgan fingerprint density at radius 2 is 2.10 bits per heavy atom. The standard InChI is InChI=1S/C16H25NO4/c1-4-20-14-7-5-6-13(10-17-9-8-12(2)3)16(14)21-11-15(18)19/h5-7,12,17H,4,8-11H2,1-3H3,(H,18,19). The van der Waals surface area contributed by atoms with E-state index in [1.54, 1.807) is 6.07 Å². The molecule has 0 saturated carbocycles. The summed E-state index contributed by atoms with van der Waals surface area (Å²) in [5, 5.41) is 12.1. The molecule has 0 aliphatic heterocycles. The summed E-state index contributed by atoms with van der Waals surface area (Å²) >= 11 is 0. The molecule has 0 atom stereocenters. The van der Waals surface area contributed by atoms with E-state index in [9.17, 15) is 4.79 Å². The zero-order valence-electron chi connectivity index (χ0n) is 13.0. The first-order valence-corrected chi connectivity index (χ1v) is 7.34. The maximum Gasteiger partial charge on any atom is 0.341 e. The summed E-state index contributed by atoms with van der Waals surface area (Å²) in [7, 11) is 0. The number of carboxylic acid groups (broad SMARTS) is 1. The average Bonchev–Trinajstić information content (AvgIpc) is 2.42. The molecule has 1 rings (SSSR count). The third-order valence-electron chi connectivity index (χ3n) is 2.91. The van der Waals surface area contributed by atoms with Crippen molar-refractivity contribution >= 4 is 5.97 Å². The Bertz CT molecular complexity index is 446. The molecule has 21 heavy (non-hydrogen) atoms. The molecule has 0 fully saturated rings. The number of carbonyl (C=O) groups is 1. The summed E-state index contributed by atoms with van der Waals surface area (Å²) in [6, 6.07) is 5.60. The molecule has 0 radical (unpaired) electrons. The minimum absolute atomic E-state index is 0.372. The number of nitrogens with one attached hydrogen (secondary N) is 1. The van der Waals surface area contributed by atoms with Crippen LogP contribution in [0.1, 0.15) is 32.8 Å². The van der Waals surface area contributed by atoms with Gasteiger partial charge in [0, 0.05) is 12.1 Å². The first kappa shape index (κ1) is 17.3. The van der Waals surface area contributed by atoms with E-state index in [0.717, 1.165) is 18.5 Å². The van der Waals surface area contributed by atoms with Gasteiger partial charge in [-0.3, -0.25) is 0 Å². The molecular weight excluding hydrogens is 270 g/mol. The highest BCUT2D eigenvalue weighted by Crippen LogP contribution is 2.31. The van der Waals surface area contributed by atoms with Crippen molar-refractivity contribution in [2.24, 2.45) is 5.92 Å². The second-order valence-corrected chi connectivity index (χ2v) is 5.22. The lowest BCUT2D eigenvalue weighted by atomic mass is 10.1. The lowest BCUT2D eigenvalue weighted by Crippen LogP contribution is -2.18. The largest absolute Gasteiger partial charge is 0.490 e. The number of carboxylic acids is 1. The zero-order chi connectivity index (χ0) is 15.7. The Balaban J connectivity index is 2.74. The Kier molecular flexibility index (Phi) is 7.61. The summed E-state index contributed by atoms with van der Waals surface area (Å²) in [5.74, 6) is 0.746. The van der Waals surface area contributed by atoms with Gasteiger partial charge in [0.15, 0.2) is 18.1 Å². The lowest BCUT2D eigenvalue weighted by molar-refractivity contribution is -0.139. The molecule has 0 aromatic heterocycles. The molecule has 0 spiro atoms. The number of hydrogen-bond acceptors (Lipinski definition) is 4. The van der Waals surface area contributed by atoms with Crippen molar-refractivity contribution in [3.05, 3.63) is 23.8 Å². The number of para-hydroxylation sites is 1. The van der Waals surface area contributed by atoms with Gasteiger partial charge >= 0.3 is 5.97 Å². The highest BCUT2D eigenvalue weighted by Gasteiger charge is 2.12. The van der Waals surface area contributed by atoms with Crippen molar-refractivity contribution in [3.8, 4) is 11.5 Å². The highest BCUT2D eigenvalue weighted by molar-refractivity contribution is 5.68. The van der Waals surface area contributed by atoms with Crippen LogP contribution >= 0.6 is 0 Å². The lowest BCUT2D eigenvalue weighted by Gasteiger charge is -2.15. The minimum atomic E-state index is -1.000. The van der Waals surface area contributed by atoms with E-state index in [2.05, 4.69) is 19.2 Å². The topological polar surface area (TPSA) is 67.8 Å². The molecule has 5 nitrogen and oxygen atoms in total. The number of ether oxygens (including phenoxy) is 2. The molecule has 0 heterocycles. The SMILES string of the molecule is CCOc1cccc(CNCCC(C)C)c1OCC(=O)O. The maximum absolute atomic E-state index is 10.7. The summed E-state index contributed by atoms with van der Waals surface area (Å²) in [6.45, 7) is 7.92. The normalized spacial score (nSPS) is 10.7. The molecule has 0 bridgehead atoms.